The lowest BCUT2D eigenvalue weighted by atomic mass is 9.91. The molecule has 0 radical (unpaired) electrons. The Kier molecular flexibility index (Phi) is 7.84. The van der Waals surface area contributed by atoms with E-state index in [1.165, 1.54) is 42.5 Å². The zero-order chi connectivity index (χ0) is 25.8. The first-order valence-corrected chi connectivity index (χ1v) is 12.2. The molecule has 2 N–H and O–H groups in total. The maximum atomic E-state index is 13.2. The Balaban J connectivity index is 2.12. The van der Waals surface area contributed by atoms with Crippen LogP contribution in [0, 0.1) is 5.82 Å². The first-order chi connectivity index (χ1) is 16.4. The average Bonchev–Trinajstić information content (AvgIpc) is 2.80. The van der Waals surface area contributed by atoms with Gasteiger partial charge in [0.2, 0.25) is 0 Å². The molecule has 186 valence electrons. The number of carboxylic acid groups (broad SMARTS) is 1. The summed E-state index contributed by atoms with van der Waals surface area (Å²) in [5.41, 5.74) is -0.0257. The van der Waals surface area contributed by atoms with Crippen LogP contribution in [0.4, 0.5) is 23.2 Å². The Morgan fingerprint density at radius 2 is 1.60 bits per heavy atom. The second kappa shape index (κ2) is 10.5. The van der Waals surface area contributed by atoms with E-state index >= 15 is 0 Å². The van der Waals surface area contributed by atoms with Gasteiger partial charge in [-0.25, -0.2) is 12.8 Å². The lowest BCUT2D eigenvalue weighted by molar-refractivity contribution is -0.139. The molecule has 5 nitrogen and oxygen atoms in total. The first kappa shape index (κ1) is 26.2. The molecule has 0 spiro atoms. The third-order valence-corrected chi connectivity index (χ3v) is 6.79. The van der Waals surface area contributed by atoms with Crippen molar-refractivity contribution in [2.45, 2.75) is 43.2 Å². The fourth-order valence-corrected chi connectivity index (χ4v) is 4.71. The SMILES string of the molecule is CCCCC(C(=O)O)c1cc(-c2ccc(C(F)(F)F)cc2)cc(S(=O)(=O)Nc2ccc(F)cc2)c1. The minimum absolute atomic E-state index is 0.0913. The number of hydrogen-bond acceptors (Lipinski definition) is 3. The average molecular weight is 510 g/mol. The molecular formula is C25H23F4NO4S. The summed E-state index contributed by atoms with van der Waals surface area (Å²) in [5.74, 6) is -2.71. The highest BCUT2D eigenvalue weighted by Crippen LogP contribution is 2.34. The van der Waals surface area contributed by atoms with Gasteiger partial charge in [-0.15, -0.1) is 0 Å². The molecule has 3 aromatic rings. The molecule has 0 saturated heterocycles. The molecule has 0 fully saturated rings. The number of sulfonamides is 1. The highest BCUT2D eigenvalue weighted by molar-refractivity contribution is 7.92. The molecule has 0 amide bonds. The number of carbonyl (C=O) groups is 1. The van der Waals surface area contributed by atoms with Crippen molar-refractivity contribution in [3.05, 3.63) is 83.7 Å². The van der Waals surface area contributed by atoms with Crippen LogP contribution in [0.15, 0.2) is 71.6 Å². The van der Waals surface area contributed by atoms with Gasteiger partial charge < -0.3 is 5.11 Å². The van der Waals surface area contributed by atoms with E-state index in [1.54, 1.807) is 0 Å². The minimum Gasteiger partial charge on any atom is -0.481 e. The summed E-state index contributed by atoms with van der Waals surface area (Å²) in [6.45, 7) is 1.89. The first-order valence-electron chi connectivity index (χ1n) is 10.7. The predicted molar refractivity (Wildman–Crippen MR) is 124 cm³/mol. The summed E-state index contributed by atoms with van der Waals surface area (Å²) in [6.07, 6.45) is -2.98. The van der Waals surface area contributed by atoms with Crippen molar-refractivity contribution >= 4 is 21.7 Å². The molecular weight excluding hydrogens is 486 g/mol. The lowest BCUT2D eigenvalue weighted by Gasteiger charge is -2.17. The monoisotopic (exact) mass is 509 g/mol. The van der Waals surface area contributed by atoms with E-state index in [2.05, 4.69) is 4.72 Å². The van der Waals surface area contributed by atoms with Crippen LogP contribution < -0.4 is 4.72 Å². The lowest BCUT2D eigenvalue weighted by Crippen LogP contribution is -2.16. The van der Waals surface area contributed by atoms with Gasteiger partial charge in [-0.1, -0.05) is 38.0 Å². The van der Waals surface area contributed by atoms with E-state index in [4.69, 9.17) is 0 Å². The highest BCUT2D eigenvalue weighted by atomic mass is 32.2. The van der Waals surface area contributed by atoms with Gasteiger partial charge >= 0.3 is 12.1 Å². The molecule has 0 aromatic heterocycles. The molecule has 0 aliphatic carbocycles. The van der Waals surface area contributed by atoms with Crippen LogP contribution in [0.25, 0.3) is 11.1 Å². The van der Waals surface area contributed by atoms with Gasteiger partial charge in [0.05, 0.1) is 16.4 Å². The molecule has 0 saturated carbocycles. The third-order valence-electron chi connectivity index (χ3n) is 5.43. The fourth-order valence-electron chi connectivity index (χ4n) is 3.57. The molecule has 3 rings (SSSR count). The van der Waals surface area contributed by atoms with Gasteiger partial charge in [-0.2, -0.15) is 13.2 Å². The van der Waals surface area contributed by atoms with Crippen LogP contribution in [0.5, 0.6) is 0 Å². The van der Waals surface area contributed by atoms with Crippen molar-refractivity contribution in [1.82, 2.24) is 0 Å². The van der Waals surface area contributed by atoms with Crippen LogP contribution in [-0.2, 0) is 21.0 Å². The number of rotatable bonds is 9. The molecule has 35 heavy (non-hydrogen) atoms. The summed E-state index contributed by atoms with van der Waals surface area (Å²) in [4.78, 5) is 11.7. The topological polar surface area (TPSA) is 83.5 Å². The molecule has 1 atom stereocenters. The molecule has 0 heterocycles. The van der Waals surface area contributed by atoms with Crippen molar-refractivity contribution in [1.29, 1.82) is 0 Å². The maximum absolute atomic E-state index is 13.2. The Labute approximate surface area is 200 Å². The normalized spacial score (nSPS) is 12.8. The maximum Gasteiger partial charge on any atom is 0.416 e. The van der Waals surface area contributed by atoms with Crippen LogP contribution in [-0.4, -0.2) is 19.5 Å². The second-order valence-electron chi connectivity index (χ2n) is 8.01. The van der Waals surface area contributed by atoms with Crippen LogP contribution in [0.2, 0.25) is 0 Å². The number of nitrogens with one attached hydrogen (secondary N) is 1. The van der Waals surface area contributed by atoms with Gasteiger partial charge in [-0.05, 0) is 71.6 Å². The summed E-state index contributed by atoms with van der Waals surface area (Å²) in [7, 11) is -4.24. The number of carboxylic acids is 1. The second-order valence-corrected chi connectivity index (χ2v) is 9.69. The van der Waals surface area contributed by atoms with Crippen LogP contribution in [0.3, 0.4) is 0 Å². The van der Waals surface area contributed by atoms with Crippen molar-refractivity contribution in [2.24, 2.45) is 0 Å². The smallest absolute Gasteiger partial charge is 0.416 e. The van der Waals surface area contributed by atoms with E-state index in [0.29, 0.717) is 6.42 Å². The van der Waals surface area contributed by atoms with Gasteiger partial charge in [0.1, 0.15) is 5.82 Å². The van der Waals surface area contributed by atoms with Gasteiger partial charge in [0.15, 0.2) is 0 Å². The summed E-state index contributed by atoms with van der Waals surface area (Å²) in [6, 6.07) is 12.8. The Morgan fingerprint density at radius 1 is 0.971 bits per heavy atom. The van der Waals surface area contributed by atoms with Crippen LogP contribution in [0.1, 0.15) is 43.2 Å². The van der Waals surface area contributed by atoms with E-state index in [0.717, 1.165) is 30.7 Å². The molecule has 0 aliphatic rings. The van der Waals surface area contributed by atoms with E-state index in [9.17, 15) is 35.9 Å². The van der Waals surface area contributed by atoms with Gasteiger partial charge in [0, 0.05) is 5.69 Å². The number of benzene rings is 3. The van der Waals surface area contributed by atoms with Crippen molar-refractivity contribution in [3.8, 4) is 11.1 Å². The van der Waals surface area contributed by atoms with Crippen molar-refractivity contribution in [2.75, 3.05) is 4.72 Å². The molecule has 10 heteroatoms. The third kappa shape index (κ3) is 6.60. The number of hydrogen-bond donors (Lipinski definition) is 2. The number of aliphatic carboxylic acids is 1. The zero-order valence-corrected chi connectivity index (χ0v) is 19.5. The van der Waals surface area contributed by atoms with E-state index < -0.39 is 39.5 Å². The van der Waals surface area contributed by atoms with Crippen LogP contribution >= 0.6 is 0 Å². The fraction of sp³-hybridized carbons (Fsp3) is 0.240. The van der Waals surface area contributed by atoms with E-state index in [-0.39, 0.29) is 33.7 Å². The summed E-state index contributed by atoms with van der Waals surface area (Å²) < 4.78 is 80.7. The number of alkyl halides is 3. The Hall–Kier alpha value is -3.40. The molecule has 0 aliphatic heterocycles. The van der Waals surface area contributed by atoms with E-state index in [1.807, 2.05) is 6.92 Å². The van der Waals surface area contributed by atoms with Crippen molar-refractivity contribution < 1.29 is 35.9 Å². The zero-order valence-electron chi connectivity index (χ0n) is 18.6. The largest absolute Gasteiger partial charge is 0.481 e. The Bertz CT molecular complexity index is 1290. The summed E-state index contributed by atoms with van der Waals surface area (Å²) >= 11 is 0. The summed E-state index contributed by atoms with van der Waals surface area (Å²) in [5, 5.41) is 9.77. The Morgan fingerprint density at radius 3 is 2.14 bits per heavy atom. The predicted octanol–water partition coefficient (Wildman–Crippen LogP) is 6.67. The minimum atomic E-state index is -4.54. The number of unbranched alkanes of at least 4 members (excludes halogenated alkanes) is 1. The number of halogens is 4. The highest BCUT2D eigenvalue weighted by Gasteiger charge is 2.30. The van der Waals surface area contributed by atoms with Gasteiger partial charge in [0.25, 0.3) is 10.0 Å². The molecule has 0 bridgehead atoms. The van der Waals surface area contributed by atoms with Crippen molar-refractivity contribution in [3.63, 3.8) is 0 Å². The number of anilines is 1. The molecule has 3 aromatic carbocycles. The quantitative estimate of drug-likeness (QED) is 0.316. The van der Waals surface area contributed by atoms with Gasteiger partial charge in [-0.3, -0.25) is 9.52 Å². The molecule has 1 unspecified atom stereocenters. The standard InChI is InChI=1S/C25H23F4NO4S/c1-2-3-4-23(24(31)32)18-13-17(16-5-7-19(8-6-16)25(27,28)29)14-22(15-18)35(33,34)30-21-11-9-20(26)10-12-21/h5-15,23,30H,2-4H2,1H3,(H,31,32).